The van der Waals surface area contributed by atoms with Gasteiger partial charge in [0.1, 0.15) is 17.2 Å². The lowest BCUT2D eigenvalue weighted by Crippen LogP contribution is -2.12. The van der Waals surface area contributed by atoms with Crippen molar-refractivity contribution in [3.8, 4) is 11.4 Å². The highest BCUT2D eigenvalue weighted by Crippen LogP contribution is 2.31. The van der Waals surface area contributed by atoms with Crippen LogP contribution in [-0.2, 0) is 9.84 Å². The molecular formula is C15H9F3N2O4S. The summed E-state index contributed by atoms with van der Waals surface area (Å²) in [6, 6.07) is 6.64. The summed E-state index contributed by atoms with van der Waals surface area (Å²) < 4.78 is 62.9. The minimum absolute atomic E-state index is 0.00310. The van der Waals surface area contributed by atoms with E-state index in [1.165, 1.54) is 18.2 Å². The molecule has 25 heavy (non-hydrogen) atoms. The van der Waals surface area contributed by atoms with Gasteiger partial charge in [-0.25, -0.2) is 22.6 Å². The molecule has 10 heteroatoms. The number of nitrogens with one attached hydrogen (secondary N) is 1. The third kappa shape index (κ3) is 2.84. The molecule has 3 aromatic rings. The number of aromatic nitrogens is 2. The van der Waals surface area contributed by atoms with Gasteiger partial charge in [-0.3, -0.25) is 0 Å². The summed E-state index contributed by atoms with van der Waals surface area (Å²) >= 11 is 0. The van der Waals surface area contributed by atoms with Gasteiger partial charge in [0.15, 0.2) is 0 Å². The molecule has 0 amide bonds. The first-order chi connectivity index (χ1) is 11.7. The molecule has 0 atom stereocenters. The summed E-state index contributed by atoms with van der Waals surface area (Å²) in [5, 5.41) is 9.13. The summed E-state index contributed by atoms with van der Waals surface area (Å²) in [6.45, 7) is 0. The van der Waals surface area contributed by atoms with E-state index in [9.17, 15) is 26.4 Å². The second-order valence-electron chi connectivity index (χ2n) is 5.04. The van der Waals surface area contributed by atoms with Crippen LogP contribution in [0.5, 0.6) is 0 Å². The van der Waals surface area contributed by atoms with Gasteiger partial charge < -0.3 is 10.1 Å². The van der Waals surface area contributed by atoms with Crippen molar-refractivity contribution in [2.75, 3.05) is 0 Å². The Bertz CT molecular complexity index is 1090. The number of imidazole rings is 1. The molecule has 6 nitrogen and oxygen atoms in total. The number of fused-ring (bicyclic) bond motifs is 1. The molecule has 0 fully saturated rings. The molecule has 2 N–H and O–H groups in total. The van der Waals surface area contributed by atoms with Gasteiger partial charge in [-0.2, -0.15) is 8.78 Å². The highest BCUT2D eigenvalue weighted by atomic mass is 32.2. The summed E-state index contributed by atoms with van der Waals surface area (Å²) in [4.78, 5) is 17.1. The monoisotopic (exact) mass is 370 g/mol. The van der Waals surface area contributed by atoms with Crippen molar-refractivity contribution < 1.29 is 31.5 Å². The molecule has 0 radical (unpaired) electrons. The van der Waals surface area contributed by atoms with E-state index in [1.807, 2.05) is 0 Å². The Morgan fingerprint density at radius 2 is 1.88 bits per heavy atom. The number of aromatic amines is 1. The van der Waals surface area contributed by atoms with Gasteiger partial charge in [0.2, 0.25) is 9.84 Å². The molecule has 0 saturated carbocycles. The number of sulfone groups is 1. The van der Waals surface area contributed by atoms with Crippen molar-refractivity contribution in [2.24, 2.45) is 0 Å². The van der Waals surface area contributed by atoms with Gasteiger partial charge in [-0.15, -0.1) is 0 Å². The number of rotatable bonds is 4. The molecule has 0 aliphatic rings. The van der Waals surface area contributed by atoms with E-state index in [4.69, 9.17) is 5.11 Å². The van der Waals surface area contributed by atoms with Crippen LogP contribution in [0.1, 0.15) is 10.4 Å². The lowest BCUT2D eigenvalue weighted by molar-refractivity contribution is 0.0698. The Hall–Kier alpha value is -2.88. The van der Waals surface area contributed by atoms with Crippen molar-refractivity contribution in [3.63, 3.8) is 0 Å². The van der Waals surface area contributed by atoms with Crippen LogP contribution in [0.3, 0.4) is 0 Å². The number of carboxylic acids is 1. The highest BCUT2D eigenvalue weighted by Gasteiger charge is 2.30. The molecule has 2 aromatic carbocycles. The first kappa shape index (κ1) is 17.0. The Kier molecular flexibility index (Phi) is 3.99. The highest BCUT2D eigenvalue weighted by molar-refractivity contribution is 7.91. The van der Waals surface area contributed by atoms with Crippen LogP contribution in [0, 0.1) is 5.82 Å². The van der Waals surface area contributed by atoms with Crippen molar-refractivity contribution in [1.29, 1.82) is 0 Å². The van der Waals surface area contributed by atoms with E-state index in [2.05, 4.69) is 9.97 Å². The van der Waals surface area contributed by atoms with Crippen LogP contribution < -0.4 is 0 Å². The van der Waals surface area contributed by atoms with E-state index < -0.39 is 37.8 Å². The van der Waals surface area contributed by atoms with Gasteiger partial charge in [0.25, 0.3) is 0 Å². The number of hydrogen-bond donors (Lipinski definition) is 2. The van der Waals surface area contributed by atoms with Crippen molar-refractivity contribution in [2.45, 2.75) is 10.7 Å². The van der Waals surface area contributed by atoms with Crippen molar-refractivity contribution >= 4 is 26.8 Å². The average Bonchev–Trinajstić information content (AvgIpc) is 2.97. The standard InChI is InChI=1S/C15H9F3N2O4S/c16-7-5-9(14(21)22)12-10(6-7)19-13(20-12)8-3-1-2-4-11(8)25(23,24)15(17)18/h1-6,15H,(H,19,20)(H,21,22). The van der Waals surface area contributed by atoms with Crippen molar-refractivity contribution in [3.05, 3.63) is 47.8 Å². The van der Waals surface area contributed by atoms with E-state index in [1.54, 1.807) is 0 Å². The van der Waals surface area contributed by atoms with Crippen molar-refractivity contribution in [1.82, 2.24) is 9.97 Å². The maximum Gasteiger partial charge on any atom is 0.341 e. The van der Waals surface area contributed by atoms with Gasteiger partial charge in [0.05, 0.1) is 16.0 Å². The quantitative estimate of drug-likeness (QED) is 0.735. The second-order valence-corrected chi connectivity index (χ2v) is 6.93. The van der Waals surface area contributed by atoms with Crippen LogP contribution in [0.25, 0.3) is 22.4 Å². The van der Waals surface area contributed by atoms with E-state index in [0.717, 1.165) is 18.2 Å². The number of carboxylic acid groups (broad SMARTS) is 1. The zero-order chi connectivity index (χ0) is 18.4. The number of nitrogens with zero attached hydrogens (tertiary/aromatic N) is 1. The molecule has 0 saturated heterocycles. The van der Waals surface area contributed by atoms with Crippen LogP contribution in [0.15, 0.2) is 41.3 Å². The minimum atomic E-state index is -4.91. The second kappa shape index (κ2) is 5.88. The number of alkyl halides is 2. The Labute approximate surface area is 138 Å². The molecule has 0 unspecified atom stereocenters. The Morgan fingerprint density at radius 3 is 2.52 bits per heavy atom. The number of carbonyl (C=O) groups is 1. The number of hydrogen-bond acceptors (Lipinski definition) is 4. The number of aromatic carboxylic acids is 1. The zero-order valence-electron chi connectivity index (χ0n) is 12.2. The first-order valence-electron chi connectivity index (χ1n) is 6.76. The topological polar surface area (TPSA) is 100 Å². The van der Waals surface area contributed by atoms with E-state index >= 15 is 0 Å². The summed E-state index contributed by atoms with van der Waals surface area (Å²) in [5.74, 6) is -6.07. The largest absolute Gasteiger partial charge is 0.478 e. The summed E-state index contributed by atoms with van der Waals surface area (Å²) in [5.41, 5.74) is -0.729. The summed E-state index contributed by atoms with van der Waals surface area (Å²) in [7, 11) is -4.91. The Balaban J connectivity index is 2.29. The van der Waals surface area contributed by atoms with Gasteiger partial charge in [-0.05, 0) is 24.3 Å². The molecule has 130 valence electrons. The molecular weight excluding hydrogens is 361 g/mol. The van der Waals surface area contributed by atoms with Crippen LogP contribution in [0.4, 0.5) is 13.2 Å². The normalized spacial score (nSPS) is 12.0. The van der Waals surface area contributed by atoms with Gasteiger partial charge >= 0.3 is 11.7 Å². The molecule has 3 rings (SSSR count). The summed E-state index contributed by atoms with van der Waals surface area (Å²) in [6.07, 6.45) is 0. The van der Waals surface area contributed by atoms with Gasteiger partial charge in [-0.1, -0.05) is 12.1 Å². The molecule has 0 aliphatic carbocycles. The lowest BCUT2D eigenvalue weighted by atomic mass is 10.2. The van der Waals surface area contributed by atoms with E-state index in [0.29, 0.717) is 0 Å². The number of halogens is 3. The molecule has 0 bridgehead atoms. The Morgan fingerprint density at radius 1 is 1.20 bits per heavy atom. The minimum Gasteiger partial charge on any atom is -0.478 e. The van der Waals surface area contributed by atoms with E-state index in [-0.39, 0.29) is 22.4 Å². The van der Waals surface area contributed by atoms with Gasteiger partial charge in [0, 0.05) is 5.56 Å². The smallest absolute Gasteiger partial charge is 0.341 e. The molecule has 1 aromatic heterocycles. The fraction of sp³-hybridized carbons (Fsp3) is 0.0667. The third-order valence-electron chi connectivity index (χ3n) is 3.47. The lowest BCUT2D eigenvalue weighted by Gasteiger charge is -2.07. The molecule has 0 spiro atoms. The number of benzene rings is 2. The van der Waals surface area contributed by atoms with Crippen LogP contribution in [0.2, 0.25) is 0 Å². The fourth-order valence-electron chi connectivity index (χ4n) is 2.38. The zero-order valence-corrected chi connectivity index (χ0v) is 13.0. The molecule has 0 aliphatic heterocycles. The number of H-pyrrole nitrogens is 1. The maximum atomic E-state index is 13.5. The maximum absolute atomic E-state index is 13.5. The molecule has 1 heterocycles. The predicted octanol–water partition coefficient (Wildman–Crippen LogP) is 3.06. The van der Waals surface area contributed by atoms with Crippen LogP contribution in [-0.4, -0.2) is 35.2 Å². The third-order valence-corrected chi connectivity index (χ3v) is 4.90. The SMILES string of the molecule is O=C(O)c1cc(F)cc2[nH]c(-c3ccccc3S(=O)(=O)C(F)F)nc12. The fourth-order valence-corrected chi connectivity index (χ4v) is 3.31. The predicted molar refractivity (Wildman–Crippen MR) is 81.6 cm³/mol. The van der Waals surface area contributed by atoms with Crippen LogP contribution >= 0.6 is 0 Å². The average molecular weight is 370 g/mol. The first-order valence-corrected chi connectivity index (χ1v) is 8.30.